The molecular weight excluding hydrogens is 238 g/mol. The maximum atomic E-state index is 11.5. The average Bonchev–Trinajstić information content (AvgIpc) is 2.33. The minimum absolute atomic E-state index is 0.0432. The lowest BCUT2D eigenvalue weighted by Crippen LogP contribution is -2.41. The molecule has 0 aromatic heterocycles. The zero-order chi connectivity index (χ0) is 14.0. The molecule has 0 aliphatic rings. The summed E-state index contributed by atoms with van der Waals surface area (Å²) < 4.78 is 4.52. The van der Waals surface area contributed by atoms with E-state index in [9.17, 15) is 14.4 Å². The summed E-state index contributed by atoms with van der Waals surface area (Å²) >= 11 is 0. The molecule has 0 saturated carbocycles. The van der Waals surface area contributed by atoms with Gasteiger partial charge < -0.3 is 15.2 Å². The summed E-state index contributed by atoms with van der Waals surface area (Å²) in [6.07, 6.45) is 2.91. The fraction of sp³-hybridized carbons (Fsp3) is 0.750. The van der Waals surface area contributed by atoms with Crippen molar-refractivity contribution in [3.05, 3.63) is 0 Å². The van der Waals surface area contributed by atoms with Gasteiger partial charge in [-0.1, -0.05) is 19.8 Å². The molecule has 1 atom stereocenters. The van der Waals surface area contributed by atoms with Crippen LogP contribution in [0.5, 0.6) is 0 Å². The number of methoxy groups -OCH3 is 1. The molecule has 18 heavy (non-hydrogen) atoms. The Morgan fingerprint density at radius 3 is 2.39 bits per heavy atom. The van der Waals surface area contributed by atoms with Crippen molar-refractivity contribution in [3.8, 4) is 0 Å². The SMILES string of the molecule is CCCCCC(=O)NC(CCC(=O)O)C(=O)OC. The number of carbonyl (C=O) groups excluding carboxylic acids is 2. The van der Waals surface area contributed by atoms with Crippen LogP contribution in [0.2, 0.25) is 0 Å². The zero-order valence-corrected chi connectivity index (χ0v) is 10.9. The highest BCUT2D eigenvalue weighted by atomic mass is 16.5. The number of hydrogen-bond donors (Lipinski definition) is 2. The molecule has 0 radical (unpaired) electrons. The van der Waals surface area contributed by atoms with Crippen LogP contribution in [-0.4, -0.2) is 36.1 Å². The van der Waals surface area contributed by atoms with Gasteiger partial charge in [0, 0.05) is 12.8 Å². The second-order valence-corrected chi connectivity index (χ2v) is 4.03. The van der Waals surface area contributed by atoms with E-state index in [1.807, 2.05) is 6.92 Å². The molecular formula is C12H21NO5. The van der Waals surface area contributed by atoms with Crippen molar-refractivity contribution in [2.75, 3.05) is 7.11 Å². The van der Waals surface area contributed by atoms with E-state index < -0.39 is 18.0 Å². The van der Waals surface area contributed by atoms with Crippen molar-refractivity contribution in [1.82, 2.24) is 5.32 Å². The van der Waals surface area contributed by atoms with Crippen LogP contribution in [0.3, 0.4) is 0 Å². The number of hydrogen-bond acceptors (Lipinski definition) is 4. The van der Waals surface area contributed by atoms with Crippen molar-refractivity contribution in [1.29, 1.82) is 0 Å². The maximum Gasteiger partial charge on any atom is 0.328 e. The molecule has 0 heterocycles. The number of esters is 1. The monoisotopic (exact) mass is 259 g/mol. The van der Waals surface area contributed by atoms with E-state index >= 15 is 0 Å². The molecule has 1 amide bonds. The molecule has 0 rings (SSSR count). The van der Waals surface area contributed by atoms with E-state index in [4.69, 9.17) is 5.11 Å². The molecule has 0 aromatic carbocycles. The number of unbranched alkanes of at least 4 members (excludes halogenated alkanes) is 2. The number of nitrogens with one attached hydrogen (secondary N) is 1. The fourth-order valence-corrected chi connectivity index (χ4v) is 1.46. The van der Waals surface area contributed by atoms with Crippen LogP contribution in [0.1, 0.15) is 45.4 Å². The normalized spacial score (nSPS) is 11.7. The summed E-state index contributed by atoms with van der Waals surface area (Å²) in [5.41, 5.74) is 0. The number of carbonyl (C=O) groups is 3. The van der Waals surface area contributed by atoms with E-state index in [2.05, 4.69) is 10.1 Å². The summed E-state index contributed by atoms with van der Waals surface area (Å²) in [7, 11) is 1.21. The number of aliphatic carboxylic acids is 1. The first-order chi connectivity index (χ1) is 8.51. The predicted octanol–water partition coefficient (Wildman–Crippen LogP) is 1.09. The third-order valence-electron chi connectivity index (χ3n) is 2.48. The van der Waals surface area contributed by atoms with E-state index in [0.29, 0.717) is 6.42 Å². The van der Waals surface area contributed by atoms with Gasteiger partial charge in [0.2, 0.25) is 5.91 Å². The maximum absolute atomic E-state index is 11.5. The molecule has 0 saturated heterocycles. The molecule has 1 unspecified atom stereocenters. The lowest BCUT2D eigenvalue weighted by molar-refractivity contribution is -0.146. The highest BCUT2D eigenvalue weighted by molar-refractivity contribution is 5.84. The summed E-state index contributed by atoms with van der Waals surface area (Å²) in [5.74, 6) is -1.87. The van der Waals surface area contributed by atoms with Gasteiger partial charge in [0.25, 0.3) is 0 Å². The first-order valence-corrected chi connectivity index (χ1v) is 6.10. The van der Waals surface area contributed by atoms with Gasteiger partial charge in [-0.2, -0.15) is 0 Å². The van der Waals surface area contributed by atoms with Gasteiger partial charge in [-0.3, -0.25) is 9.59 Å². The Labute approximate surface area is 107 Å². The number of ether oxygens (including phenoxy) is 1. The van der Waals surface area contributed by atoms with Crippen molar-refractivity contribution in [2.24, 2.45) is 0 Å². The fourth-order valence-electron chi connectivity index (χ4n) is 1.46. The van der Waals surface area contributed by atoms with Gasteiger partial charge in [-0.15, -0.1) is 0 Å². The van der Waals surface area contributed by atoms with E-state index in [1.54, 1.807) is 0 Å². The smallest absolute Gasteiger partial charge is 0.328 e. The molecule has 0 aliphatic heterocycles. The van der Waals surface area contributed by atoms with Crippen molar-refractivity contribution < 1.29 is 24.2 Å². The molecule has 6 heteroatoms. The van der Waals surface area contributed by atoms with Gasteiger partial charge in [-0.25, -0.2) is 4.79 Å². The second kappa shape index (κ2) is 9.44. The quantitative estimate of drug-likeness (QED) is 0.477. The number of carboxylic acid groups (broad SMARTS) is 1. The number of carboxylic acids is 1. The van der Waals surface area contributed by atoms with Crippen molar-refractivity contribution in [3.63, 3.8) is 0 Å². The summed E-state index contributed by atoms with van der Waals surface area (Å²) in [5, 5.41) is 11.1. The Bertz CT molecular complexity index is 290. The third-order valence-corrected chi connectivity index (χ3v) is 2.48. The minimum atomic E-state index is -1.01. The Kier molecular flexibility index (Phi) is 8.61. The van der Waals surface area contributed by atoms with Crippen LogP contribution in [0.15, 0.2) is 0 Å². The summed E-state index contributed by atoms with van der Waals surface area (Å²) in [6, 6.07) is -0.875. The highest BCUT2D eigenvalue weighted by Gasteiger charge is 2.21. The Balaban J connectivity index is 4.17. The largest absolute Gasteiger partial charge is 0.481 e. The van der Waals surface area contributed by atoms with Crippen LogP contribution in [0.4, 0.5) is 0 Å². The van der Waals surface area contributed by atoms with Gasteiger partial charge in [0.1, 0.15) is 6.04 Å². The number of rotatable bonds is 9. The molecule has 0 fully saturated rings. The van der Waals surface area contributed by atoms with Crippen molar-refractivity contribution in [2.45, 2.75) is 51.5 Å². The van der Waals surface area contributed by atoms with Crippen LogP contribution in [0, 0.1) is 0 Å². The molecule has 104 valence electrons. The topological polar surface area (TPSA) is 92.7 Å². The number of amides is 1. The zero-order valence-electron chi connectivity index (χ0n) is 10.9. The second-order valence-electron chi connectivity index (χ2n) is 4.03. The first kappa shape index (κ1) is 16.4. The standard InChI is InChI=1S/C12H21NO5/c1-3-4-5-6-10(14)13-9(12(17)18-2)7-8-11(15)16/h9H,3-8H2,1-2H3,(H,13,14)(H,15,16). The van der Waals surface area contributed by atoms with E-state index in [-0.39, 0.29) is 18.7 Å². The van der Waals surface area contributed by atoms with Gasteiger partial charge >= 0.3 is 11.9 Å². The van der Waals surface area contributed by atoms with Crippen LogP contribution < -0.4 is 5.32 Å². The van der Waals surface area contributed by atoms with Crippen LogP contribution in [-0.2, 0) is 19.1 Å². The van der Waals surface area contributed by atoms with Gasteiger partial charge in [0.05, 0.1) is 7.11 Å². The van der Waals surface area contributed by atoms with E-state index in [1.165, 1.54) is 7.11 Å². The predicted molar refractivity (Wildman–Crippen MR) is 65.0 cm³/mol. The van der Waals surface area contributed by atoms with Crippen molar-refractivity contribution >= 4 is 17.8 Å². The molecule has 0 aliphatic carbocycles. The minimum Gasteiger partial charge on any atom is -0.481 e. The highest BCUT2D eigenvalue weighted by Crippen LogP contribution is 2.03. The Hall–Kier alpha value is -1.59. The van der Waals surface area contributed by atoms with Crippen LogP contribution >= 0.6 is 0 Å². The first-order valence-electron chi connectivity index (χ1n) is 6.10. The van der Waals surface area contributed by atoms with Gasteiger partial charge in [-0.05, 0) is 12.8 Å². The lowest BCUT2D eigenvalue weighted by Gasteiger charge is -2.15. The molecule has 0 bridgehead atoms. The van der Waals surface area contributed by atoms with Crippen LogP contribution in [0.25, 0.3) is 0 Å². The Morgan fingerprint density at radius 2 is 1.89 bits per heavy atom. The molecule has 0 spiro atoms. The summed E-state index contributed by atoms with van der Waals surface area (Å²) in [6.45, 7) is 2.03. The molecule has 0 aromatic rings. The third kappa shape index (κ3) is 7.65. The van der Waals surface area contributed by atoms with E-state index in [0.717, 1.165) is 19.3 Å². The molecule has 6 nitrogen and oxygen atoms in total. The lowest BCUT2D eigenvalue weighted by atomic mass is 10.1. The Morgan fingerprint density at radius 1 is 1.22 bits per heavy atom. The molecule has 2 N–H and O–H groups in total. The van der Waals surface area contributed by atoms with Gasteiger partial charge in [0.15, 0.2) is 0 Å². The summed E-state index contributed by atoms with van der Waals surface area (Å²) in [4.78, 5) is 33.3. The average molecular weight is 259 g/mol.